The van der Waals surface area contributed by atoms with Crippen LogP contribution in [0.5, 0.6) is 0 Å². The van der Waals surface area contributed by atoms with Crippen LogP contribution in [0, 0.1) is 0 Å². The van der Waals surface area contributed by atoms with Crippen molar-refractivity contribution in [3.63, 3.8) is 0 Å². The third-order valence-electron chi connectivity index (χ3n) is 2.71. The highest BCUT2D eigenvalue weighted by atomic mass is 32.2. The minimum absolute atomic E-state index is 0.296. The molecule has 0 atom stereocenters. The van der Waals surface area contributed by atoms with Crippen LogP contribution in [0.1, 0.15) is 6.42 Å². The molecule has 0 aliphatic carbocycles. The Morgan fingerprint density at radius 3 is 2.29 bits per heavy atom. The van der Waals surface area contributed by atoms with E-state index in [1.807, 2.05) is 11.8 Å². The molecule has 1 aliphatic heterocycles. The first-order chi connectivity index (χ1) is 6.86. The summed E-state index contributed by atoms with van der Waals surface area (Å²) in [6.45, 7) is 7.02. The van der Waals surface area contributed by atoms with Crippen LogP contribution < -0.4 is 0 Å². The highest BCUT2D eigenvalue weighted by Gasteiger charge is 2.13. The molecule has 1 N–H and O–H groups in total. The monoisotopic (exact) mass is 218 g/mol. The number of nitrogens with zero attached hydrogens (tertiary/aromatic N) is 2. The molecule has 0 radical (unpaired) electrons. The Hall–Kier alpha value is 0.230. The van der Waals surface area contributed by atoms with Crippen LogP contribution in [0.2, 0.25) is 0 Å². The summed E-state index contributed by atoms with van der Waals surface area (Å²) in [5, 5.41) is 8.86. The van der Waals surface area contributed by atoms with Crippen molar-refractivity contribution in [1.29, 1.82) is 0 Å². The average Bonchev–Trinajstić information content (AvgIpc) is 2.41. The van der Waals surface area contributed by atoms with Crippen LogP contribution in [0.15, 0.2) is 0 Å². The summed E-state index contributed by atoms with van der Waals surface area (Å²) in [5.41, 5.74) is 0. The molecule has 0 spiro atoms. The third-order valence-corrected chi connectivity index (χ3v) is 3.30. The van der Waals surface area contributed by atoms with Gasteiger partial charge in [-0.15, -0.1) is 0 Å². The third kappa shape index (κ3) is 4.64. The summed E-state index contributed by atoms with van der Waals surface area (Å²) >= 11 is 1.92. The van der Waals surface area contributed by atoms with Gasteiger partial charge >= 0.3 is 0 Å². The first kappa shape index (κ1) is 12.3. The van der Waals surface area contributed by atoms with E-state index < -0.39 is 0 Å². The van der Waals surface area contributed by atoms with Crippen molar-refractivity contribution in [2.24, 2.45) is 0 Å². The van der Waals surface area contributed by atoms with Crippen molar-refractivity contribution in [2.75, 3.05) is 57.9 Å². The minimum atomic E-state index is 0.296. The van der Waals surface area contributed by atoms with E-state index >= 15 is 0 Å². The number of hydrogen-bond acceptors (Lipinski definition) is 4. The number of aliphatic hydroxyl groups is 1. The zero-order chi connectivity index (χ0) is 10.2. The Morgan fingerprint density at radius 2 is 1.71 bits per heavy atom. The molecule has 1 aliphatic rings. The summed E-state index contributed by atoms with van der Waals surface area (Å²) in [4.78, 5) is 4.90. The van der Waals surface area contributed by atoms with Crippen LogP contribution in [-0.2, 0) is 0 Å². The van der Waals surface area contributed by atoms with Crippen molar-refractivity contribution in [3.05, 3.63) is 0 Å². The molecule has 0 aromatic carbocycles. The van der Waals surface area contributed by atoms with Gasteiger partial charge in [-0.3, -0.25) is 4.90 Å². The number of rotatable bonds is 5. The van der Waals surface area contributed by atoms with E-state index in [1.54, 1.807) is 0 Å². The first-order valence-corrected chi connectivity index (χ1v) is 6.80. The van der Waals surface area contributed by atoms with E-state index in [2.05, 4.69) is 16.1 Å². The predicted molar refractivity (Wildman–Crippen MR) is 63.0 cm³/mol. The molecule has 0 unspecified atom stereocenters. The van der Waals surface area contributed by atoms with E-state index in [9.17, 15) is 0 Å². The minimum Gasteiger partial charge on any atom is -0.395 e. The number of hydrogen-bond donors (Lipinski definition) is 1. The highest BCUT2D eigenvalue weighted by Crippen LogP contribution is 2.03. The number of aliphatic hydroxyl groups excluding tert-OH is 1. The summed E-state index contributed by atoms with van der Waals surface area (Å²) in [6, 6.07) is 0. The van der Waals surface area contributed by atoms with E-state index in [4.69, 9.17) is 5.11 Å². The van der Waals surface area contributed by atoms with E-state index in [-0.39, 0.29) is 0 Å². The van der Waals surface area contributed by atoms with E-state index in [1.165, 1.54) is 31.8 Å². The topological polar surface area (TPSA) is 26.7 Å². The van der Waals surface area contributed by atoms with E-state index in [0.29, 0.717) is 6.61 Å². The second-order valence-corrected chi connectivity index (χ2v) is 4.74. The lowest BCUT2D eigenvalue weighted by Gasteiger charge is -2.20. The van der Waals surface area contributed by atoms with Crippen molar-refractivity contribution < 1.29 is 5.11 Å². The maximum Gasteiger partial charge on any atom is 0.0558 e. The molecule has 4 heteroatoms. The zero-order valence-electron chi connectivity index (χ0n) is 9.11. The highest BCUT2D eigenvalue weighted by molar-refractivity contribution is 7.98. The lowest BCUT2D eigenvalue weighted by molar-refractivity contribution is 0.198. The summed E-state index contributed by atoms with van der Waals surface area (Å²) in [6.07, 6.45) is 3.41. The molecular weight excluding hydrogens is 196 g/mol. The molecule has 0 aromatic heterocycles. The van der Waals surface area contributed by atoms with Crippen molar-refractivity contribution in [1.82, 2.24) is 9.80 Å². The van der Waals surface area contributed by atoms with Crippen molar-refractivity contribution in [3.8, 4) is 0 Å². The van der Waals surface area contributed by atoms with Gasteiger partial charge in [0, 0.05) is 31.9 Å². The summed E-state index contributed by atoms with van der Waals surface area (Å²) in [5.74, 6) is 1.24. The molecule has 0 bridgehead atoms. The van der Waals surface area contributed by atoms with Gasteiger partial charge in [-0.25, -0.2) is 0 Å². The lowest BCUT2D eigenvalue weighted by Crippen LogP contribution is -2.33. The van der Waals surface area contributed by atoms with Gasteiger partial charge in [0.2, 0.25) is 0 Å². The Morgan fingerprint density at radius 1 is 1.07 bits per heavy atom. The Balaban J connectivity index is 2.19. The van der Waals surface area contributed by atoms with Gasteiger partial charge in [0.1, 0.15) is 0 Å². The molecule has 0 aromatic rings. The largest absolute Gasteiger partial charge is 0.395 e. The van der Waals surface area contributed by atoms with Gasteiger partial charge in [-0.2, -0.15) is 11.8 Å². The van der Waals surface area contributed by atoms with Crippen molar-refractivity contribution in [2.45, 2.75) is 6.42 Å². The molecule has 84 valence electrons. The molecule has 1 heterocycles. The fourth-order valence-corrected chi connectivity index (χ4v) is 2.27. The van der Waals surface area contributed by atoms with Gasteiger partial charge in [0.05, 0.1) is 6.61 Å². The SMILES string of the molecule is CSCCN1CCCN(CCO)CC1. The summed E-state index contributed by atoms with van der Waals surface area (Å²) < 4.78 is 0. The smallest absolute Gasteiger partial charge is 0.0558 e. The molecular formula is C10H22N2OS. The summed E-state index contributed by atoms with van der Waals surface area (Å²) in [7, 11) is 0. The van der Waals surface area contributed by atoms with Gasteiger partial charge in [-0.1, -0.05) is 0 Å². The Bertz CT molecular complexity index is 146. The maximum atomic E-state index is 8.86. The second-order valence-electron chi connectivity index (χ2n) is 3.75. The lowest BCUT2D eigenvalue weighted by atomic mass is 10.4. The van der Waals surface area contributed by atoms with Crippen LogP contribution in [0.3, 0.4) is 0 Å². The normalized spacial score (nSPS) is 21.0. The number of β-amino-alcohol motifs (C(OH)–C–C–N with tert-alkyl or cyclic N) is 1. The van der Waals surface area contributed by atoms with Crippen LogP contribution in [-0.4, -0.2) is 72.8 Å². The molecule has 3 nitrogen and oxygen atoms in total. The standard InChI is InChI=1S/C10H22N2OS/c1-14-10-8-12-4-2-3-11(5-6-12)7-9-13/h13H,2-10H2,1H3. The zero-order valence-corrected chi connectivity index (χ0v) is 9.93. The fraction of sp³-hybridized carbons (Fsp3) is 1.00. The predicted octanol–water partition coefficient (Wildman–Crippen LogP) is 0.349. The van der Waals surface area contributed by atoms with Crippen LogP contribution in [0.25, 0.3) is 0 Å². The Kier molecular flexibility index (Phi) is 6.60. The molecule has 0 amide bonds. The van der Waals surface area contributed by atoms with Crippen molar-refractivity contribution >= 4 is 11.8 Å². The molecule has 1 saturated heterocycles. The molecule has 14 heavy (non-hydrogen) atoms. The average molecular weight is 218 g/mol. The van der Waals surface area contributed by atoms with Gasteiger partial charge < -0.3 is 10.0 Å². The van der Waals surface area contributed by atoms with Gasteiger partial charge in [0.25, 0.3) is 0 Å². The quantitative estimate of drug-likeness (QED) is 0.720. The van der Waals surface area contributed by atoms with Crippen LogP contribution >= 0.6 is 11.8 Å². The molecule has 1 fully saturated rings. The first-order valence-electron chi connectivity index (χ1n) is 5.41. The second kappa shape index (κ2) is 7.51. The molecule has 1 rings (SSSR count). The molecule has 0 saturated carbocycles. The Labute approximate surface area is 91.5 Å². The van der Waals surface area contributed by atoms with Gasteiger partial charge in [-0.05, 0) is 25.8 Å². The maximum absolute atomic E-state index is 8.86. The fourth-order valence-electron chi connectivity index (χ4n) is 1.83. The number of thioether (sulfide) groups is 1. The van der Waals surface area contributed by atoms with Crippen LogP contribution in [0.4, 0.5) is 0 Å². The van der Waals surface area contributed by atoms with E-state index in [0.717, 1.165) is 19.6 Å². The van der Waals surface area contributed by atoms with Gasteiger partial charge in [0.15, 0.2) is 0 Å².